The molecule has 2 aromatic carbocycles. The molecule has 0 amide bonds. The van der Waals surface area contributed by atoms with Gasteiger partial charge in [-0.2, -0.15) is 0 Å². The van der Waals surface area contributed by atoms with Crippen LogP contribution in [0.4, 0.5) is 0 Å². The average molecular weight is 195 g/mol. The van der Waals surface area contributed by atoms with Gasteiger partial charge < -0.3 is 5.11 Å². The van der Waals surface area contributed by atoms with Gasteiger partial charge in [0, 0.05) is 6.07 Å². The van der Waals surface area contributed by atoms with E-state index in [2.05, 4.69) is 16.0 Å². The molecule has 3 heteroatoms. The zero-order valence-corrected chi connectivity index (χ0v) is 7.81. The molecule has 15 heavy (non-hydrogen) atoms. The third-order valence-corrected chi connectivity index (χ3v) is 2.28. The number of fused-ring (bicyclic) bond motifs is 2. The van der Waals surface area contributed by atoms with Crippen LogP contribution < -0.4 is 0 Å². The maximum Gasteiger partial charge on any atom is 0.151 e. The molecule has 71 valence electrons. The molecule has 0 fully saturated rings. The molecule has 0 bridgehead atoms. The van der Waals surface area contributed by atoms with Gasteiger partial charge in [0.15, 0.2) is 5.75 Å². The molecule has 0 saturated heterocycles. The van der Waals surface area contributed by atoms with Crippen LogP contribution in [0.25, 0.3) is 22.1 Å². The van der Waals surface area contributed by atoms with Crippen molar-refractivity contribution < 1.29 is 5.11 Å². The minimum atomic E-state index is 0.0470. The summed E-state index contributed by atoms with van der Waals surface area (Å²) in [6.07, 6.45) is 0. The Labute approximate surface area is 86.0 Å². The van der Waals surface area contributed by atoms with Gasteiger partial charge in [0.05, 0.1) is 16.6 Å². The first-order valence-electron chi connectivity index (χ1n) is 4.61. The quantitative estimate of drug-likeness (QED) is 0.560. The molecule has 3 aromatic rings. The molecule has 0 atom stereocenters. The first kappa shape index (κ1) is 8.17. The maximum absolute atomic E-state index is 9.57. The minimum absolute atomic E-state index is 0.0470. The molecule has 3 nitrogen and oxygen atoms in total. The normalized spacial score (nSPS) is 10.9. The van der Waals surface area contributed by atoms with Gasteiger partial charge in [-0.15, -0.1) is 0 Å². The van der Waals surface area contributed by atoms with Gasteiger partial charge in [-0.3, -0.25) is 0 Å². The van der Waals surface area contributed by atoms with E-state index >= 15 is 0 Å². The third kappa shape index (κ3) is 1.21. The van der Waals surface area contributed by atoms with E-state index < -0.39 is 0 Å². The van der Waals surface area contributed by atoms with Crippen molar-refractivity contribution in [3.05, 3.63) is 42.5 Å². The van der Waals surface area contributed by atoms with E-state index in [1.807, 2.05) is 24.3 Å². The lowest BCUT2D eigenvalue weighted by Gasteiger charge is -2.01. The van der Waals surface area contributed by atoms with Crippen molar-refractivity contribution >= 4 is 22.1 Å². The highest BCUT2D eigenvalue weighted by Gasteiger charge is 2.03. The van der Waals surface area contributed by atoms with Crippen molar-refractivity contribution in [1.29, 1.82) is 0 Å². The fourth-order valence-electron chi connectivity index (χ4n) is 1.57. The van der Waals surface area contributed by atoms with E-state index in [1.54, 1.807) is 12.1 Å². The molecule has 0 aliphatic rings. The number of hydrogen-bond donors (Lipinski definition) is 1. The summed E-state index contributed by atoms with van der Waals surface area (Å²) in [5.41, 5.74) is 2.79. The molecule has 0 spiro atoms. The second kappa shape index (κ2) is 2.92. The summed E-state index contributed by atoms with van der Waals surface area (Å²) in [4.78, 5) is 8.73. The number of aromatic hydroxyl groups is 1. The Bertz CT molecular complexity index is 649. The molecule has 3 rings (SSSR count). The minimum Gasteiger partial charge on any atom is -0.505 e. The summed E-state index contributed by atoms with van der Waals surface area (Å²) >= 11 is 0. The molecule has 0 saturated carbocycles. The highest BCUT2D eigenvalue weighted by atomic mass is 16.3. The number of nitrogens with zero attached hydrogens (tertiary/aromatic N) is 2. The van der Waals surface area contributed by atoms with Crippen LogP contribution in [0, 0.1) is 6.07 Å². The highest BCUT2D eigenvalue weighted by molar-refractivity contribution is 5.89. The summed E-state index contributed by atoms with van der Waals surface area (Å²) in [6.45, 7) is 0. The Kier molecular flexibility index (Phi) is 1.59. The third-order valence-electron chi connectivity index (χ3n) is 2.28. The monoisotopic (exact) mass is 195 g/mol. The Balaban J connectivity index is 2.53. The first-order chi connectivity index (χ1) is 7.34. The second-order valence-electron chi connectivity index (χ2n) is 3.27. The van der Waals surface area contributed by atoms with Crippen molar-refractivity contribution in [2.24, 2.45) is 0 Å². The van der Waals surface area contributed by atoms with Crippen molar-refractivity contribution in [3.63, 3.8) is 0 Å². The Morgan fingerprint density at radius 2 is 1.67 bits per heavy atom. The summed E-state index contributed by atoms with van der Waals surface area (Å²) in [7, 11) is 0. The van der Waals surface area contributed by atoms with Crippen LogP contribution in [0.2, 0.25) is 0 Å². The largest absolute Gasteiger partial charge is 0.505 e. The van der Waals surface area contributed by atoms with E-state index in [0.717, 1.165) is 11.0 Å². The summed E-state index contributed by atoms with van der Waals surface area (Å²) in [5, 5.41) is 9.57. The van der Waals surface area contributed by atoms with Gasteiger partial charge in [-0.05, 0) is 24.3 Å². The zero-order valence-electron chi connectivity index (χ0n) is 7.81. The van der Waals surface area contributed by atoms with Crippen LogP contribution in [0.1, 0.15) is 0 Å². The fraction of sp³-hybridized carbons (Fsp3) is 0. The number of benzene rings is 2. The van der Waals surface area contributed by atoms with Crippen LogP contribution in [0.15, 0.2) is 36.4 Å². The number of rotatable bonds is 0. The lowest BCUT2D eigenvalue weighted by atomic mass is 10.2. The molecule has 0 unspecified atom stereocenters. The summed E-state index contributed by atoms with van der Waals surface area (Å²) in [6, 6.07) is 13.7. The van der Waals surface area contributed by atoms with E-state index in [0.29, 0.717) is 11.0 Å². The van der Waals surface area contributed by atoms with Crippen molar-refractivity contribution in [2.45, 2.75) is 0 Å². The van der Waals surface area contributed by atoms with Gasteiger partial charge in [0.25, 0.3) is 0 Å². The lowest BCUT2D eigenvalue weighted by molar-refractivity contribution is 0.479. The Morgan fingerprint density at radius 1 is 0.933 bits per heavy atom. The van der Waals surface area contributed by atoms with Crippen molar-refractivity contribution in [2.75, 3.05) is 0 Å². The Morgan fingerprint density at radius 3 is 2.47 bits per heavy atom. The lowest BCUT2D eigenvalue weighted by Crippen LogP contribution is -1.86. The van der Waals surface area contributed by atoms with Crippen LogP contribution in [-0.2, 0) is 0 Å². The van der Waals surface area contributed by atoms with Crippen molar-refractivity contribution in [1.82, 2.24) is 9.97 Å². The molecule has 0 aliphatic heterocycles. The topological polar surface area (TPSA) is 46.0 Å². The molecule has 1 radical (unpaired) electrons. The zero-order chi connectivity index (χ0) is 10.3. The second-order valence-corrected chi connectivity index (χ2v) is 3.27. The molecule has 1 aromatic heterocycles. The molecule has 1 N–H and O–H groups in total. The van der Waals surface area contributed by atoms with Gasteiger partial charge in [0.2, 0.25) is 0 Å². The summed E-state index contributed by atoms with van der Waals surface area (Å²) in [5.74, 6) is 0.0470. The van der Waals surface area contributed by atoms with E-state index in [1.165, 1.54) is 0 Å². The first-order valence-corrected chi connectivity index (χ1v) is 4.61. The smallest absolute Gasteiger partial charge is 0.151 e. The number of hydrogen-bond acceptors (Lipinski definition) is 3. The SMILES string of the molecule is Oc1[c]ccc2nc3ccccc3nc12. The van der Waals surface area contributed by atoms with Gasteiger partial charge in [-0.1, -0.05) is 12.1 Å². The molecular formula is C12H7N2O. The number of phenolic OH excluding ortho intramolecular Hbond substituents is 1. The molecule has 0 aliphatic carbocycles. The standard InChI is InChI=1S/C12H7N2O/c15-11-7-3-6-10-12(11)14-9-5-2-1-4-8(9)13-10/h1-6,15H. The van der Waals surface area contributed by atoms with Crippen LogP contribution >= 0.6 is 0 Å². The van der Waals surface area contributed by atoms with Crippen molar-refractivity contribution in [3.8, 4) is 5.75 Å². The van der Waals surface area contributed by atoms with Gasteiger partial charge in [0.1, 0.15) is 5.52 Å². The van der Waals surface area contributed by atoms with Gasteiger partial charge >= 0.3 is 0 Å². The summed E-state index contributed by atoms with van der Waals surface area (Å²) < 4.78 is 0. The number of para-hydroxylation sites is 2. The fourth-order valence-corrected chi connectivity index (χ4v) is 1.57. The predicted octanol–water partition coefficient (Wildman–Crippen LogP) is 2.29. The van der Waals surface area contributed by atoms with Crippen LogP contribution in [0.5, 0.6) is 5.75 Å². The Hall–Kier alpha value is -2.16. The average Bonchev–Trinajstić information content (AvgIpc) is 2.27. The van der Waals surface area contributed by atoms with Crippen LogP contribution in [0.3, 0.4) is 0 Å². The van der Waals surface area contributed by atoms with Crippen LogP contribution in [-0.4, -0.2) is 15.1 Å². The van der Waals surface area contributed by atoms with E-state index in [-0.39, 0.29) is 5.75 Å². The maximum atomic E-state index is 9.57. The number of phenols is 1. The highest BCUT2D eigenvalue weighted by Crippen LogP contribution is 2.22. The van der Waals surface area contributed by atoms with Gasteiger partial charge in [-0.25, -0.2) is 9.97 Å². The number of aromatic nitrogens is 2. The van der Waals surface area contributed by atoms with E-state index in [9.17, 15) is 5.11 Å². The molecule has 1 heterocycles. The molecular weight excluding hydrogens is 188 g/mol. The predicted molar refractivity (Wildman–Crippen MR) is 57.5 cm³/mol. The van der Waals surface area contributed by atoms with E-state index in [4.69, 9.17) is 0 Å².